The first-order valence-corrected chi connectivity index (χ1v) is 37.6. The summed E-state index contributed by atoms with van der Waals surface area (Å²) in [7, 11) is 0. The van der Waals surface area contributed by atoms with Crippen molar-refractivity contribution in [1.82, 2.24) is 9.13 Å². The van der Waals surface area contributed by atoms with Crippen molar-refractivity contribution < 1.29 is 13.2 Å². The van der Waals surface area contributed by atoms with Gasteiger partial charge in [0.2, 0.25) is 0 Å². The van der Waals surface area contributed by atoms with Crippen LogP contribution >= 0.6 is 0 Å². The average molecular weight is 1420 g/mol. The largest absolute Gasteiger partial charge is 0.416 e. The molecule has 18 aromatic carbocycles. The third-order valence-electron chi connectivity index (χ3n) is 22.2. The lowest BCUT2D eigenvalue weighted by Crippen LogP contribution is -2.10. The van der Waals surface area contributed by atoms with E-state index in [2.05, 4.69) is 370 Å². The zero-order valence-electron chi connectivity index (χ0n) is 61.0. The fourth-order valence-electron chi connectivity index (χ4n) is 16.9. The number of benzene rings is 18. The van der Waals surface area contributed by atoms with Gasteiger partial charge in [-0.2, -0.15) is 13.2 Å². The van der Waals surface area contributed by atoms with E-state index in [4.69, 9.17) is 0 Å². The molecule has 2 nitrogen and oxygen atoms in total. The molecule has 0 atom stereocenters. The van der Waals surface area contributed by atoms with Crippen LogP contribution in [0.2, 0.25) is 0 Å². The van der Waals surface area contributed by atoms with Crippen molar-refractivity contribution in [3.05, 3.63) is 399 Å². The van der Waals surface area contributed by atoms with Gasteiger partial charge in [-0.1, -0.05) is 336 Å². The minimum absolute atomic E-state index is 0.147. The highest BCUT2D eigenvalue weighted by Gasteiger charge is 2.30. The third kappa shape index (κ3) is 12.0. The van der Waals surface area contributed by atoms with Crippen LogP contribution in [0.25, 0.3) is 187 Å². The number of nitrogens with zero attached hydrogens (tertiary/aromatic N) is 2. The molecule has 2 heterocycles. The molecule has 0 unspecified atom stereocenters. The van der Waals surface area contributed by atoms with E-state index in [1.54, 1.807) is 0 Å². The smallest absolute Gasteiger partial charge is 0.309 e. The highest BCUT2D eigenvalue weighted by atomic mass is 19.4. The third-order valence-corrected chi connectivity index (χ3v) is 22.2. The van der Waals surface area contributed by atoms with E-state index >= 15 is 0 Å². The van der Waals surface area contributed by atoms with Gasteiger partial charge < -0.3 is 9.13 Å². The van der Waals surface area contributed by atoms with E-state index in [0.29, 0.717) is 0 Å². The number of hydrogen-bond acceptors (Lipinski definition) is 0. The first-order chi connectivity index (χ1) is 53.8. The Morgan fingerprint density at radius 3 is 0.691 bits per heavy atom. The predicted octanol–water partition coefficient (Wildman–Crippen LogP) is 29.8. The van der Waals surface area contributed by atoms with E-state index in [9.17, 15) is 13.2 Å². The SMILES string of the molecule is CC(C)(C)c1ccc(-c2ccc(-c3ccc4c(c3)c3ccccc3n4-c3ccc(-c4c5ccccc5c(-c5ccccc5)c5ccccc45)cc3)cc2)cc1.FC(F)(F)c1ccc(-c2ccc(-c3ccc4c(c3)c3ccccc3n4-c3ccc(-c4c5ccccc5c(-c5ccccc5)c5ccccc45)cc3)cc2)cc1. The summed E-state index contributed by atoms with van der Waals surface area (Å²) in [6.07, 6.45) is -4.35. The highest BCUT2D eigenvalue weighted by Crippen LogP contribution is 2.48. The second-order valence-corrected chi connectivity index (χ2v) is 29.7. The number of rotatable bonds is 10. The number of para-hydroxylation sites is 2. The molecule has 0 bridgehead atoms. The summed E-state index contributed by atoms with van der Waals surface area (Å²) in [5.74, 6) is 0. The molecule has 20 aromatic rings. The van der Waals surface area contributed by atoms with Crippen LogP contribution in [0, 0.1) is 0 Å². The van der Waals surface area contributed by atoms with Gasteiger partial charge in [-0.3, -0.25) is 0 Å². The lowest BCUT2D eigenvalue weighted by Gasteiger charge is -2.19. The number of hydrogen-bond donors (Lipinski definition) is 0. The van der Waals surface area contributed by atoms with E-state index in [0.717, 1.165) is 62.2 Å². The molecule has 20 rings (SSSR count). The summed E-state index contributed by atoms with van der Waals surface area (Å²) < 4.78 is 44.0. The molecule has 0 spiro atoms. The van der Waals surface area contributed by atoms with E-state index in [1.807, 2.05) is 24.3 Å². The first kappa shape index (κ1) is 67.0. The molecule has 110 heavy (non-hydrogen) atoms. The van der Waals surface area contributed by atoms with Crippen LogP contribution in [0.1, 0.15) is 31.9 Å². The van der Waals surface area contributed by atoms with Crippen molar-refractivity contribution >= 4 is 86.7 Å². The molecule has 0 saturated carbocycles. The van der Waals surface area contributed by atoms with Crippen molar-refractivity contribution in [3.63, 3.8) is 0 Å². The highest BCUT2D eigenvalue weighted by molar-refractivity contribution is 6.23. The van der Waals surface area contributed by atoms with Crippen molar-refractivity contribution in [3.8, 4) is 100 Å². The molecule has 0 aliphatic carbocycles. The summed E-state index contributed by atoms with van der Waals surface area (Å²) >= 11 is 0. The van der Waals surface area contributed by atoms with Crippen LogP contribution in [0.3, 0.4) is 0 Å². The quantitative estimate of drug-likeness (QED) is 0.121. The van der Waals surface area contributed by atoms with Crippen molar-refractivity contribution in [2.45, 2.75) is 32.4 Å². The number of aromatic nitrogens is 2. The lowest BCUT2D eigenvalue weighted by molar-refractivity contribution is -0.137. The fraction of sp³-hybridized carbons (Fsp3) is 0.0476. The molecule has 2 aromatic heterocycles. The first-order valence-electron chi connectivity index (χ1n) is 37.6. The molecule has 0 aliphatic rings. The Bertz CT molecular complexity index is 6350. The van der Waals surface area contributed by atoms with Gasteiger partial charge in [0.25, 0.3) is 0 Å². The molecule has 0 aliphatic heterocycles. The van der Waals surface area contributed by atoms with E-state index in [1.165, 1.54) is 155 Å². The Morgan fingerprint density at radius 2 is 0.400 bits per heavy atom. The summed E-state index contributed by atoms with van der Waals surface area (Å²) in [5.41, 5.74) is 26.3. The van der Waals surface area contributed by atoms with Crippen LogP contribution in [-0.2, 0) is 11.6 Å². The molecule has 5 heteroatoms. The van der Waals surface area contributed by atoms with Gasteiger partial charge in [0.15, 0.2) is 0 Å². The van der Waals surface area contributed by atoms with Gasteiger partial charge in [0.05, 0.1) is 27.6 Å². The van der Waals surface area contributed by atoms with Gasteiger partial charge >= 0.3 is 6.18 Å². The van der Waals surface area contributed by atoms with Gasteiger partial charge in [0.1, 0.15) is 0 Å². The number of alkyl halides is 3. The molecule has 0 saturated heterocycles. The Labute approximate surface area is 637 Å². The lowest BCUT2D eigenvalue weighted by atomic mass is 9.86. The predicted molar refractivity (Wildman–Crippen MR) is 459 cm³/mol. The van der Waals surface area contributed by atoms with E-state index < -0.39 is 11.7 Å². The number of fused-ring (bicyclic) bond motifs is 10. The van der Waals surface area contributed by atoms with Crippen LogP contribution in [-0.4, -0.2) is 9.13 Å². The summed E-state index contributed by atoms with van der Waals surface area (Å²) in [6, 6.07) is 137. The molecule has 524 valence electrons. The van der Waals surface area contributed by atoms with Crippen LogP contribution in [0.5, 0.6) is 0 Å². The zero-order chi connectivity index (χ0) is 74.2. The summed E-state index contributed by atoms with van der Waals surface area (Å²) in [4.78, 5) is 0. The Hall–Kier alpha value is -13.6. The van der Waals surface area contributed by atoms with Gasteiger partial charge in [0, 0.05) is 32.9 Å². The molecular formula is C105H73F3N2. The maximum atomic E-state index is 13.1. The van der Waals surface area contributed by atoms with Gasteiger partial charge in [-0.15, -0.1) is 0 Å². The Morgan fingerprint density at radius 1 is 0.182 bits per heavy atom. The second kappa shape index (κ2) is 27.3. The fourth-order valence-corrected chi connectivity index (χ4v) is 16.9. The monoisotopic (exact) mass is 1420 g/mol. The molecule has 0 radical (unpaired) electrons. The Balaban J connectivity index is 0.000000149. The molecule has 0 fully saturated rings. The van der Waals surface area contributed by atoms with Crippen molar-refractivity contribution in [2.24, 2.45) is 0 Å². The van der Waals surface area contributed by atoms with Crippen molar-refractivity contribution in [1.29, 1.82) is 0 Å². The van der Waals surface area contributed by atoms with Gasteiger partial charge in [-0.25, -0.2) is 0 Å². The normalized spacial score (nSPS) is 11.9. The maximum absolute atomic E-state index is 13.1. The second-order valence-electron chi connectivity index (χ2n) is 29.7. The van der Waals surface area contributed by atoms with Crippen LogP contribution in [0.15, 0.2) is 388 Å². The van der Waals surface area contributed by atoms with Crippen LogP contribution in [0.4, 0.5) is 13.2 Å². The molecule has 0 N–H and O–H groups in total. The zero-order valence-corrected chi connectivity index (χ0v) is 61.0. The van der Waals surface area contributed by atoms with Crippen molar-refractivity contribution in [2.75, 3.05) is 0 Å². The molecular weight excluding hydrogens is 1350 g/mol. The summed E-state index contributed by atoms with van der Waals surface area (Å²) in [6.45, 7) is 6.78. The minimum atomic E-state index is -4.35. The minimum Gasteiger partial charge on any atom is -0.309 e. The molecule has 0 amide bonds. The summed E-state index contributed by atoms with van der Waals surface area (Å²) in [5, 5.41) is 14.8. The maximum Gasteiger partial charge on any atom is 0.416 e. The number of halogens is 3. The van der Waals surface area contributed by atoms with Crippen LogP contribution < -0.4 is 0 Å². The van der Waals surface area contributed by atoms with Gasteiger partial charge in [-0.05, 0) is 216 Å². The standard InChI is InChI=1S/C54H41N.C51H32F3N/c1-54(2,3)42-30-25-37(26-31-42)36-21-23-38(24-22-36)41-29-34-51-49(35-41)44-15-11-12-20-50(44)55(51)43-32-27-40(28-33-43)53-47-18-9-7-16-45(47)52(39-13-5-4-6-14-39)46-17-8-10-19-48(46)53;52-51(53,54)39-27-22-34(23-28-39)33-18-20-35(21-19-33)38-26-31-48-46(32-38)41-12-8-9-17-47(41)55(48)40-29-24-37(25-30-40)50-44-15-6-4-13-42(44)49(36-10-2-1-3-11-36)43-14-5-7-16-45(43)50/h4-35H,1-3H3;1-32H. The topological polar surface area (TPSA) is 9.86 Å². The average Bonchev–Trinajstić information content (AvgIpc) is 0.777. The Kier molecular flexibility index (Phi) is 16.6. The van der Waals surface area contributed by atoms with E-state index in [-0.39, 0.29) is 5.41 Å².